The SMILES string of the molecule is CC(=O)N[C@@H](C)COc1ccc(Oc2ccc3c(c2Cl)CCN(c2ncc(C)cn2)C3)cn1. The second-order valence-electron chi connectivity index (χ2n) is 8.09. The lowest BCUT2D eigenvalue weighted by molar-refractivity contribution is -0.119. The molecule has 1 N–H and O–H groups in total. The van der Waals surface area contributed by atoms with Crippen molar-refractivity contribution in [2.75, 3.05) is 18.1 Å². The summed E-state index contributed by atoms with van der Waals surface area (Å²) in [6, 6.07) is 7.30. The third kappa shape index (κ3) is 5.70. The fourth-order valence-corrected chi connectivity index (χ4v) is 3.94. The standard InChI is InChI=1S/C24H26ClN5O3/c1-15-10-27-24(28-11-15)30-9-8-20-18(13-30)4-6-21(23(20)25)33-19-5-7-22(26-12-19)32-14-16(2)29-17(3)31/h4-7,10-12,16H,8-9,13-14H2,1-3H3,(H,29,31)/t16-/m0/s1. The number of carbonyl (C=O) groups excluding carboxylic acids is 1. The number of anilines is 1. The molecule has 0 fully saturated rings. The molecule has 3 aromatic rings. The van der Waals surface area contributed by atoms with Crippen molar-refractivity contribution in [3.8, 4) is 17.4 Å². The molecule has 0 bridgehead atoms. The molecule has 0 saturated heterocycles. The van der Waals surface area contributed by atoms with Gasteiger partial charge < -0.3 is 19.7 Å². The van der Waals surface area contributed by atoms with Gasteiger partial charge in [-0.1, -0.05) is 17.7 Å². The second-order valence-corrected chi connectivity index (χ2v) is 8.47. The molecule has 0 unspecified atom stereocenters. The molecule has 1 aliphatic heterocycles. The Bertz CT molecular complexity index is 1120. The zero-order chi connectivity index (χ0) is 23.4. The van der Waals surface area contributed by atoms with E-state index in [1.54, 1.807) is 18.3 Å². The van der Waals surface area contributed by atoms with E-state index in [2.05, 4.69) is 25.2 Å². The van der Waals surface area contributed by atoms with Crippen molar-refractivity contribution in [2.45, 2.75) is 39.8 Å². The quantitative estimate of drug-likeness (QED) is 0.559. The van der Waals surface area contributed by atoms with Gasteiger partial charge >= 0.3 is 0 Å². The van der Waals surface area contributed by atoms with E-state index in [9.17, 15) is 4.79 Å². The molecule has 0 radical (unpaired) electrons. The van der Waals surface area contributed by atoms with Crippen LogP contribution in [0.25, 0.3) is 0 Å². The summed E-state index contributed by atoms with van der Waals surface area (Å²) >= 11 is 6.69. The number of amides is 1. The predicted molar refractivity (Wildman–Crippen MR) is 126 cm³/mol. The summed E-state index contributed by atoms with van der Waals surface area (Å²) in [6.07, 6.45) is 6.02. The van der Waals surface area contributed by atoms with Crippen LogP contribution in [0.3, 0.4) is 0 Å². The third-order valence-corrected chi connectivity index (χ3v) is 5.63. The van der Waals surface area contributed by atoms with Crippen molar-refractivity contribution in [1.82, 2.24) is 20.3 Å². The van der Waals surface area contributed by atoms with E-state index < -0.39 is 0 Å². The number of fused-ring (bicyclic) bond motifs is 1. The molecule has 2 aromatic heterocycles. The fraction of sp³-hybridized carbons (Fsp3) is 0.333. The molecule has 1 amide bonds. The van der Waals surface area contributed by atoms with Crippen LogP contribution in [-0.4, -0.2) is 40.1 Å². The zero-order valence-corrected chi connectivity index (χ0v) is 19.6. The lowest BCUT2D eigenvalue weighted by atomic mass is 9.99. The first-order valence-corrected chi connectivity index (χ1v) is 11.1. The Labute approximate surface area is 197 Å². The molecule has 1 aromatic carbocycles. The van der Waals surface area contributed by atoms with Crippen LogP contribution >= 0.6 is 11.6 Å². The zero-order valence-electron chi connectivity index (χ0n) is 18.8. The molecule has 33 heavy (non-hydrogen) atoms. The molecule has 1 atom stereocenters. The van der Waals surface area contributed by atoms with Gasteiger partial charge in [-0.15, -0.1) is 0 Å². The van der Waals surface area contributed by atoms with Crippen LogP contribution in [0.1, 0.15) is 30.5 Å². The van der Waals surface area contributed by atoms with E-state index in [-0.39, 0.29) is 11.9 Å². The first kappa shape index (κ1) is 22.8. The minimum absolute atomic E-state index is 0.0964. The highest BCUT2D eigenvalue weighted by atomic mass is 35.5. The number of hydrogen-bond donors (Lipinski definition) is 1. The maximum Gasteiger partial charge on any atom is 0.225 e. The Morgan fingerprint density at radius 1 is 1.18 bits per heavy atom. The number of benzene rings is 1. The van der Waals surface area contributed by atoms with Gasteiger partial charge in [-0.05, 0) is 49.1 Å². The summed E-state index contributed by atoms with van der Waals surface area (Å²) < 4.78 is 11.6. The van der Waals surface area contributed by atoms with Crippen molar-refractivity contribution >= 4 is 23.5 Å². The number of aromatic nitrogens is 3. The Hall–Kier alpha value is -3.39. The fourth-order valence-electron chi connectivity index (χ4n) is 3.63. The van der Waals surface area contributed by atoms with Crippen LogP contribution in [0.4, 0.5) is 5.95 Å². The summed E-state index contributed by atoms with van der Waals surface area (Å²) in [5, 5.41) is 3.37. The van der Waals surface area contributed by atoms with Gasteiger partial charge in [0.2, 0.25) is 17.7 Å². The third-order valence-electron chi connectivity index (χ3n) is 5.22. The van der Waals surface area contributed by atoms with Crippen molar-refractivity contribution in [2.24, 2.45) is 0 Å². The van der Waals surface area contributed by atoms with Crippen LogP contribution in [0, 0.1) is 6.92 Å². The Balaban J connectivity index is 1.39. The van der Waals surface area contributed by atoms with Gasteiger partial charge in [-0.25, -0.2) is 15.0 Å². The Morgan fingerprint density at radius 3 is 2.67 bits per heavy atom. The highest BCUT2D eigenvalue weighted by Gasteiger charge is 2.22. The van der Waals surface area contributed by atoms with E-state index in [0.29, 0.717) is 35.6 Å². The number of nitrogens with one attached hydrogen (secondary N) is 1. The second kappa shape index (κ2) is 10.0. The molecular formula is C24H26ClN5O3. The highest BCUT2D eigenvalue weighted by molar-refractivity contribution is 6.33. The first-order chi connectivity index (χ1) is 15.9. The van der Waals surface area contributed by atoms with E-state index in [4.69, 9.17) is 21.1 Å². The molecule has 0 saturated carbocycles. The largest absolute Gasteiger partial charge is 0.475 e. The van der Waals surface area contributed by atoms with Crippen molar-refractivity contribution in [3.05, 3.63) is 64.6 Å². The number of rotatable bonds is 7. The molecule has 172 valence electrons. The molecule has 9 heteroatoms. The smallest absolute Gasteiger partial charge is 0.225 e. The molecular weight excluding hydrogens is 442 g/mol. The summed E-state index contributed by atoms with van der Waals surface area (Å²) in [5.74, 6) is 2.23. The topological polar surface area (TPSA) is 89.5 Å². The number of halogens is 1. The number of aryl methyl sites for hydroxylation is 1. The van der Waals surface area contributed by atoms with Gasteiger partial charge in [0.05, 0.1) is 17.3 Å². The number of ether oxygens (including phenoxy) is 2. The summed E-state index contributed by atoms with van der Waals surface area (Å²) in [5.41, 5.74) is 3.25. The number of pyridine rings is 1. The molecule has 0 spiro atoms. The first-order valence-electron chi connectivity index (χ1n) is 10.8. The lowest BCUT2D eigenvalue weighted by Crippen LogP contribution is -2.35. The Morgan fingerprint density at radius 2 is 1.97 bits per heavy atom. The van der Waals surface area contributed by atoms with Gasteiger partial charge in [0, 0.05) is 38.5 Å². The van der Waals surface area contributed by atoms with Crippen molar-refractivity contribution in [3.63, 3.8) is 0 Å². The lowest BCUT2D eigenvalue weighted by Gasteiger charge is -2.29. The summed E-state index contributed by atoms with van der Waals surface area (Å²) in [7, 11) is 0. The predicted octanol–water partition coefficient (Wildman–Crippen LogP) is 4.09. The normalized spacial score (nSPS) is 13.8. The average Bonchev–Trinajstić information content (AvgIpc) is 2.80. The number of carbonyl (C=O) groups is 1. The van der Waals surface area contributed by atoms with E-state index in [0.717, 1.165) is 35.6 Å². The van der Waals surface area contributed by atoms with E-state index in [1.807, 2.05) is 38.4 Å². The van der Waals surface area contributed by atoms with Gasteiger partial charge in [-0.3, -0.25) is 4.79 Å². The van der Waals surface area contributed by atoms with Crippen LogP contribution in [0.15, 0.2) is 42.9 Å². The average molecular weight is 468 g/mol. The van der Waals surface area contributed by atoms with Crippen LogP contribution < -0.4 is 19.7 Å². The van der Waals surface area contributed by atoms with Gasteiger partial charge in [0.25, 0.3) is 0 Å². The maximum atomic E-state index is 11.1. The van der Waals surface area contributed by atoms with Crippen molar-refractivity contribution < 1.29 is 14.3 Å². The van der Waals surface area contributed by atoms with E-state index in [1.165, 1.54) is 6.92 Å². The van der Waals surface area contributed by atoms with Gasteiger partial charge in [0.15, 0.2) is 0 Å². The number of nitrogens with zero attached hydrogens (tertiary/aromatic N) is 4. The van der Waals surface area contributed by atoms with Gasteiger partial charge in [-0.2, -0.15) is 0 Å². The minimum Gasteiger partial charge on any atom is -0.475 e. The molecule has 1 aliphatic rings. The van der Waals surface area contributed by atoms with Crippen LogP contribution in [0.2, 0.25) is 5.02 Å². The summed E-state index contributed by atoms with van der Waals surface area (Å²) in [4.78, 5) is 26.4. The molecule has 8 nitrogen and oxygen atoms in total. The van der Waals surface area contributed by atoms with Crippen LogP contribution in [-0.2, 0) is 17.8 Å². The highest BCUT2D eigenvalue weighted by Crippen LogP contribution is 2.37. The molecule has 0 aliphatic carbocycles. The maximum absolute atomic E-state index is 11.1. The van der Waals surface area contributed by atoms with E-state index >= 15 is 0 Å². The molecule has 3 heterocycles. The minimum atomic E-state index is -0.108. The number of hydrogen-bond acceptors (Lipinski definition) is 7. The van der Waals surface area contributed by atoms with Gasteiger partial charge in [0.1, 0.15) is 18.1 Å². The monoisotopic (exact) mass is 467 g/mol. The Kier molecular flexibility index (Phi) is 6.93. The van der Waals surface area contributed by atoms with Crippen LogP contribution in [0.5, 0.6) is 17.4 Å². The summed E-state index contributed by atoms with van der Waals surface area (Å²) in [6.45, 7) is 7.12. The van der Waals surface area contributed by atoms with Crippen molar-refractivity contribution in [1.29, 1.82) is 0 Å². The molecule has 4 rings (SSSR count).